The molecule has 0 radical (unpaired) electrons. The Bertz CT molecular complexity index is 295. The van der Waals surface area contributed by atoms with Crippen LogP contribution < -0.4 is 5.32 Å². The van der Waals surface area contributed by atoms with Crippen molar-refractivity contribution in [3.8, 4) is 0 Å². The quantitative estimate of drug-likeness (QED) is 0.759. The fourth-order valence-corrected chi connectivity index (χ4v) is 2.89. The fraction of sp³-hybridized carbons (Fsp3) is 0.929. The highest BCUT2D eigenvalue weighted by atomic mass is 16.2. The first-order valence-corrected chi connectivity index (χ1v) is 7.24. The molecule has 0 aromatic rings. The number of carbonyl (C=O) groups is 1. The lowest BCUT2D eigenvalue weighted by molar-refractivity contribution is -0.138. The summed E-state index contributed by atoms with van der Waals surface area (Å²) in [6.07, 6.45) is 4.65. The molecule has 0 saturated carbocycles. The molecule has 4 nitrogen and oxygen atoms in total. The van der Waals surface area contributed by atoms with Gasteiger partial charge in [-0.1, -0.05) is 12.8 Å². The molecule has 2 aliphatic rings. The van der Waals surface area contributed by atoms with Gasteiger partial charge in [-0.25, -0.2) is 0 Å². The first-order valence-electron chi connectivity index (χ1n) is 7.24. The summed E-state index contributed by atoms with van der Waals surface area (Å²) < 4.78 is 0. The van der Waals surface area contributed by atoms with E-state index in [9.17, 15) is 4.79 Å². The number of nitrogens with one attached hydrogen (secondary N) is 1. The minimum Gasteiger partial charge on any atom is -0.338 e. The highest BCUT2D eigenvalue weighted by Gasteiger charge is 2.35. The number of likely N-dealkylation sites (N-methyl/N-ethyl adjacent to an activating group) is 1. The molecule has 0 spiro atoms. The van der Waals surface area contributed by atoms with Gasteiger partial charge in [0.15, 0.2) is 0 Å². The molecule has 0 bridgehead atoms. The molecule has 1 atom stereocenters. The third kappa shape index (κ3) is 3.04. The summed E-state index contributed by atoms with van der Waals surface area (Å²) in [5.41, 5.74) is 0.0959. The number of nitrogens with zero attached hydrogens (tertiary/aromatic N) is 2. The molecule has 4 heteroatoms. The third-order valence-electron chi connectivity index (χ3n) is 4.49. The van der Waals surface area contributed by atoms with Crippen molar-refractivity contribution in [1.82, 2.24) is 15.1 Å². The summed E-state index contributed by atoms with van der Waals surface area (Å²) in [4.78, 5) is 16.9. The molecule has 0 aliphatic carbocycles. The van der Waals surface area contributed by atoms with Gasteiger partial charge < -0.3 is 10.2 Å². The molecule has 2 aliphatic heterocycles. The van der Waals surface area contributed by atoms with Crippen molar-refractivity contribution in [3.63, 3.8) is 0 Å². The first-order chi connectivity index (χ1) is 8.50. The normalized spacial score (nSPS) is 29.9. The second-order valence-corrected chi connectivity index (χ2v) is 6.35. The Morgan fingerprint density at radius 2 is 2.00 bits per heavy atom. The largest absolute Gasteiger partial charge is 0.338 e. The number of hydrogen-bond donors (Lipinski definition) is 1. The van der Waals surface area contributed by atoms with Gasteiger partial charge in [-0.15, -0.1) is 0 Å². The summed E-state index contributed by atoms with van der Waals surface area (Å²) in [5.74, 6) is 0.318. The van der Waals surface area contributed by atoms with Crippen molar-refractivity contribution in [2.45, 2.75) is 51.1 Å². The molecular formula is C14H27N3O. The fourth-order valence-electron chi connectivity index (χ4n) is 2.89. The highest BCUT2D eigenvalue weighted by Crippen LogP contribution is 2.20. The second kappa shape index (κ2) is 5.57. The van der Waals surface area contributed by atoms with E-state index < -0.39 is 0 Å². The number of carbonyl (C=O) groups excluding carboxylic acids is 1. The maximum Gasteiger partial charge on any atom is 0.239 e. The number of hydrogen-bond acceptors (Lipinski definition) is 3. The first kappa shape index (κ1) is 13.8. The SMILES string of the molecule is CN1CCN(C(=O)C2CCCCCN2)CC1(C)C. The van der Waals surface area contributed by atoms with Crippen molar-refractivity contribution >= 4 is 5.91 Å². The summed E-state index contributed by atoms with van der Waals surface area (Å²) in [6.45, 7) is 8.12. The monoisotopic (exact) mass is 253 g/mol. The summed E-state index contributed by atoms with van der Waals surface area (Å²) in [7, 11) is 2.14. The Hall–Kier alpha value is -0.610. The number of rotatable bonds is 1. The Labute approximate surface area is 111 Å². The lowest BCUT2D eigenvalue weighted by Crippen LogP contribution is -2.61. The van der Waals surface area contributed by atoms with E-state index in [1.165, 1.54) is 19.3 Å². The van der Waals surface area contributed by atoms with Crippen molar-refractivity contribution < 1.29 is 4.79 Å². The van der Waals surface area contributed by atoms with Gasteiger partial charge in [-0.2, -0.15) is 0 Å². The van der Waals surface area contributed by atoms with Crippen LogP contribution in [0, 0.1) is 0 Å². The minimum absolute atomic E-state index is 0.0618. The third-order valence-corrected chi connectivity index (χ3v) is 4.49. The molecule has 1 unspecified atom stereocenters. The summed E-state index contributed by atoms with van der Waals surface area (Å²) in [6, 6.07) is 0.0618. The predicted octanol–water partition coefficient (Wildman–Crippen LogP) is 1.07. The van der Waals surface area contributed by atoms with E-state index in [2.05, 4.69) is 36.0 Å². The highest BCUT2D eigenvalue weighted by molar-refractivity contribution is 5.82. The standard InChI is InChI=1S/C14H27N3O/c1-14(2)11-17(10-9-16(14)3)13(18)12-7-5-4-6-8-15-12/h12,15H,4-11H2,1-3H3. The molecule has 2 fully saturated rings. The van der Waals surface area contributed by atoms with E-state index in [0.29, 0.717) is 5.91 Å². The zero-order valence-corrected chi connectivity index (χ0v) is 12.0. The van der Waals surface area contributed by atoms with Gasteiger partial charge in [0.25, 0.3) is 0 Å². The van der Waals surface area contributed by atoms with Crippen LogP contribution in [-0.4, -0.2) is 60.5 Å². The maximum atomic E-state index is 12.5. The van der Waals surface area contributed by atoms with Gasteiger partial charge in [0.05, 0.1) is 6.04 Å². The molecular weight excluding hydrogens is 226 g/mol. The lowest BCUT2D eigenvalue weighted by Gasteiger charge is -2.46. The minimum atomic E-state index is 0.0618. The van der Waals surface area contributed by atoms with E-state index in [0.717, 1.165) is 32.6 Å². The van der Waals surface area contributed by atoms with Crippen LogP contribution in [0.3, 0.4) is 0 Å². The van der Waals surface area contributed by atoms with Crippen LogP contribution in [0.1, 0.15) is 39.5 Å². The van der Waals surface area contributed by atoms with Crippen LogP contribution in [-0.2, 0) is 4.79 Å². The van der Waals surface area contributed by atoms with E-state index in [-0.39, 0.29) is 11.6 Å². The van der Waals surface area contributed by atoms with Crippen molar-refractivity contribution in [1.29, 1.82) is 0 Å². The van der Waals surface area contributed by atoms with Crippen LogP contribution >= 0.6 is 0 Å². The smallest absolute Gasteiger partial charge is 0.239 e. The molecule has 18 heavy (non-hydrogen) atoms. The van der Waals surface area contributed by atoms with Crippen LogP contribution in [0.2, 0.25) is 0 Å². The van der Waals surface area contributed by atoms with E-state index in [1.54, 1.807) is 0 Å². The summed E-state index contributed by atoms with van der Waals surface area (Å²) >= 11 is 0. The molecule has 2 rings (SSSR count). The van der Waals surface area contributed by atoms with Gasteiger partial charge in [0.1, 0.15) is 0 Å². The van der Waals surface area contributed by atoms with Crippen LogP contribution in [0.5, 0.6) is 0 Å². The number of amides is 1. The van der Waals surface area contributed by atoms with Crippen molar-refractivity contribution in [2.75, 3.05) is 33.2 Å². The zero-order valence-electron chi connectivity index (χ0n) is 12.0. The lowest BCUT2D eigenvalue weighted by atomic mass is 9.98. The molecule has 1 amide bonds. The molecule has 104 valence electrons. The molecule has 0 aromatic heterocycles. The van der Waals surface area contributed by atoms with Crippen LogP contribution in [0.25, 0.3) is 0 Å². The van der Waals surface area contributed by atoms with Gasteiger partial charge in [-0.3, -0.25) is 9.69 Å². The molecule has 1 N–H and O–H groups in total. The molecule has 2 heterocycles. The predicted molar refractivity (Wildman–Crippen MR) is 73.5 cm³/mol. The van der Waals surface area contributed by atoms with Crippen LogP contribution in [0.15, 0.2) is 0 Å². The van der Waals surface area contributed by atoms with E-state index >= 15 is 0 Å². The Kier molecular flexibility index (Phi) is 4.28. The zero-order chi connectivity index (χ0) is 13.2. The number of piperazine rings is 1. The van der Waals surface area contributed by atoms with Gasteiger partial charge in [0, 0.05) is 25.2 Å². The van der Waals surface area contributed by atoms with Crippen LogP contribution in [0.4, 0.5) is 0 Å². The Morgan fingerprint density at radius 3 is 2.72 bits per heavy atom. The summed E-state index contributed by atoms with van der Waals surface area (Å²) in [5, 5.41) is 3.41. The average Bonchev–Trinajstić information content (AvgIpc) is 2.60. The maximum absolute atomic E-state index is 12.5. The van der Waals surface area contributed by atoms with Gasteiger partial charge >= 0.3 is 0 Å². The average molecular weight is 253 g/mol. The van der Waals surface area contributed by atoms with Gasteiger partial charge in [-0.05, 0) is 40.3 Å². The second-order valence-electron chi connectivity index (χ2n) is 6.35. The molecule has 2 saturated heterocycles. The van der Waals surface area contributed by atoms with Crippen molar-refractivity contribution in [2.24, 2.45) is 0 Å². The molecule has 0 aromatic carbocycles. The van der Waals surface area contributed by atoms with Gasteiger partial charge in [0.2, 0.25) is 5.91 Å². The Balaban J connectivity index is 1.96. The van der Waals surface area contributed by atoms with E-state index in [4.69, 9.17) is 0 Å². The van der Waals surface area contributed by atoms with Crippen molar-refractivity contribution in [3.05, 3.63) is 0 Å². The topological polar surface area (TPSA) is 35.6 Å². The van der Waals surface area contributed by atoms with E-state index in [1.807, 2.05) is 0 Å². The Morgan fingerprint density at radius 1 is 1.22 bits per heavy atom.